The van der Waals surface area contributed by atoms with E-state index in [0.29, 0.717) is 17.8 Å². The summed E-state index contributed by atoms with van der Waals surface area (Å²) in [6, 6.07) is 13.1. The van der Waals surface area contributed by atoms with Gasteiger partial charge in [0.1, 0.15) is 0 Å². The van der Waals surface area contributed by atoms with Gasteiger partial charge in [0.25, 0.3) is 5.91 Å². The van der Waals surface area contributed by atoms with Gasteiger partial charge in [-0.05, 0) is 71.2 Å². The monoisotopic (exact) mass is 533 g/mol. The van der Waals surface area contributed by atoms with Gasteiger partial charge in [0.2, 0.25) is 0 Å². The van der Waals surface area contributed by atoms with Crippen LogP contribution in [0.15, 0.2) is 54.7 Å². The zero-order valence-electron chi connectivity index (χ0n) is 17.7. The molecule has 1 aliphatic carbocycles. The number of hydrogen-bond acceptors (Lipinski definition) is 5. The second-order valence-corrected chi connectivity index (χ2v) is 8.79. The fraction of sp³-hybridized carbons (Fsp3) is 0.292. The van der Waals surface area contributed by atoms with Gasteiger partial charge in [0.15, 0.2) is 5.41 Å². The van der Waals surface area contributed by atoms with Crippen LogP contribution in [0.25, 0.3) is 0 Å². The van der Waals surface area contributed by atoms with Crippen molar-refractivity contribution in [1.82, 2.24) is 4.90 Å². The number of carbonyl (C=O) groups is 3. The maximum Gasteiger partial charge on any atom is 0.323 e. The van der Waals surface area contributed by atoms with Gasteiger partial charge >= 0.3 is 11.9 Å². The van der Waals surface area contributed by atoms with E-state index in [1.165, 1.54) is 14.2 Å². The van der Waals surface area contributed by atoms with Crippen molar-refractivity contribution in [3.8, 4) is 0 Å². The van der Waals surface area contributed by atoms with E-state index < -0.39 is 17.4 Å². The number of benzene rings is 2. The molecule has 0 saturated heterocycles. The Morgan fingerprint density at radius 3 is 2.23 bits per heavy atom. The molecule has 0 aromatic heterocycles. The molecule has 2 aromatic rings. The van der Waals surface area contributed by atoms with E-state index in [-0.39, 0.29) is 18.7 Å². The molecule has 0 fully saturated rings. The van der Waals surface area contributed by atoms with Crippen molar-refractivity contribution in [2.45, 2.75) is 26.3 Å². The predicted octanol–water partition coefficient (Wildman–Crippen LogP) is 3.90. The number of methoxy groups -OCH3 is 2. The number of fused-ring (bicyclic) bond motifs is 1. The molecule has 1 amide bonds. The Morgan fingerprint density at radius 1 is 1.03 bits per heavy atom. The lowest BCUT2D eigenvalue weighted by molar-refractivity contribution is -0.168. The van der Waals surface area contributed by atoms with E-state index in [0.717, 1.165) is 20.3 Å². The number of allylic oxidation sites excluding steroid dienone is 1. The molecule has 1 aliphatic rings. The number of rotatable bonds is 6. The lowest BCUT2D eigenvalue weighted by atomic mass is 9.85. The summed E-state index contributed by atoms with van der Waals surface area (Å²) in [4.78, 5) is 39.7. The normalized spacial score (nSPS) is 13.8. The molecule has 162 valence electrons. The van der Waals surface area contributed by atoms with Crippen molar-refractivity contribution in [2.75, 3.05) is 14.2 Å². The van der Waals surface area contributed by atoms with Crippen LogP contribution in [0.3, 0.4) is 0 Å². The van der Waals surface area contributed by atoms with Crippen LogP contribution in [0.2, 0.25) is 0 Å². The summed E-state index contributed by atoms with van der Waals surface area (Å²) in [5, 5.41) is 0. The minimum absolute atomic E-state index is 0.128. The van der Waals surface area contributed by atoms with Gasteiger partial charge < -0.3 is 14.4 Å². The van der Waals surface area contributed by atoms with Gasteiger partial charge in [-0.15, -0.1) is 0 Å². The first kappa shape index (κ1) is 23.0. The zero-order chi connectivity index (χ0) is 22.8. The maximum absolute atomic E-state index is 13.1. The number of amides is 1. The molecular formula is C24H24INO5. The lowest BCUT2D eigenvalue weighted by Crippen LogP contribution is -2.42. The second kappa shape index (κ2) is 9.21. The number of ether oxygens (including phenoxy) is 2. The molecule has 0 aliphatic heterocycles. The average Bonchev–Trinajstić information content (AvgIpc) is 3.16. The Hall–Kier alpha value is -2.68. The third-order valence-electron chi connectivity index (χ3n) is 5.56. The summed E-state index contributed by atoms with van der Waals surface area (Å²) in [6.45, 7) is 6.09. The Balaban J connectivity index is 1.89. The summed E-state index contributed by atoms with van der Waals surface area (Å²) in [7, 11) is 2.53. The molecular weight excluding hydrogens is 509 g/mol. The molecule has 7 heteroatoms. The first-order chi connectivity index (χ1) is 14.7. The number of carbonyl (C=O) groups excluding carboxylic acids is 3. The molecule has 0 unspecified atom stereocenters. The minimum Gasteiger partial charge on any atom is -0.468 e. The predicted molar refractivity (Wildman–Crippen MR) is 124 cm³/mol. The topological polar surface area (TPSA) is 72.9 Å². The number of hydrogen-bond donors (Lipinski definition) is 0. The molecule has 0 bridgehead atoms. The fourth-order valence-corrected chi connectivity index (χ4v) is 4.55. The summed E-state index contributed by atoms with van der Waals surface area (Å²) in [6.07, 6.45) is 0.431. The van der Waals surface area contributed by atoms with Gasteiger partial charge in [-0.3, -0.25) is 14.4 Å². The Labute approximate surface area is 195 Å². The van der Waals surface area contributed by atoms with Crippen molar-refractivity contribution in [3.63, 3.8) is 0 Å². The Bertz CT molecular complexity index is 1050. The van der Waals surface area contributed by atoms with Crippen LogP contribution in [0.4, 0.5) is 0 Å². The molecule has 0 heterocycles. The van der Waals surface area contributed by atoms with E-state index in [1.807, 2.05) is 36.4 Å². The van der Waals surface area contributed by atoms with Crippen molar-refractivity contribution < 1.29 is 23.9 Å². The first-order valence-corrected chi connectivity index (χ1v) is 10.8. The standard InChI is InChI=1S/C24H24INO5/c1-15(2)26(21(27)19-7-5-6-8-20(19)25)14-16-9-10-17-12-24(22(28)30-3,23(29)31-4)13-18(17)11-16/h5-11H,1,12-14H2,2-4H3. The fourth-order valence-electron chi connectivity index (χ4n) is 3.93. The molecule has 0 N–H and O–H groups in total. The lowest BCUT2D eigenvalue weighted by Gasteiger charge is -2.24. The van der Waals surface area contributed by atoms with Crippen molar-refractivity contribution in [3.05, 3.63) is 80.6 Å². The quantitative estimate of drug-likeness (QED) is 0.320. The molecule has 0 saturated carbocycles. The van der Waals surface area contributed by atoms with E-state index in [9.17, 15) is 14.4 Å². The summed E-state index contributed by atoms with van der Waals surface area (Å²) < 4.78 is 10.7. The SMILES string of the molecule is C=C(C)N(Cc1ccc2c(c1)CC(C(=O)OC)(C(=O)OC)C2)C(=O)c1ccccc1I. The van der Waals surface area contributed by atoms with E-state index >= 15 is 0 Å². The average molecular weight is 533 g/mol. The van der Waals surface area contributed by atoms with Crippen molar-refractivity contribution in [1.29, 1.82) is 0 Å². The number of esters is 2. The summed E-state index contributed by atoms with van der Waals surface area (Å²) in [5.74, 6) is -1.33. The largest absolute Gasteiger partial charge is 0.468 e. The van der Waals surface area contributed by atoms with Crippen LogP contribution in [0.1, 0.15) is 34.0 Å². The van der Waals surface area contributed by atoms with Crippen LogP contribution < -0.4 is 0 Å². The van der Waals surface area contributed by atoms with Gasteiger partial charge in [0, 0.05) is 9.27 Å². The van der Waals surface area contributed by atoms with Crippen LogP contribution in [0, 0.1) is 8.99 Å². The molecule has 0 radical (unpaired) electrons. The highest BCUT2D eigenvalue weighted by Gasteiger charge is 2.52. The minimum atomic E-state index is -1.37. The second-order valence-electron chi connectivity index (χ2n) is 7.63. The van der Waals surface area contributed by atoms with Gasteiger partial charge in [0.05, 0.1) is 26.3 Å². The van der Waals surface area contributed by atoms with Gasteiger partial charge in [-0.1, -0.05) is 36.9 Å². The smallest absolute Gasteiger partial charge is 0.323 e. The number of nitrogens with zero attached hydrogens (tertiary/aromatic N) is 1. The van der Waals surface area contributed by atoms with E-state index in [1.54, 1.807) is 17.9 Å². The maximum atomic E-state index is 13.1. The van der Waals surface area contributed by atoms with E-state index in [2.05, 4.69) is 29.2 Å². The highest BCUT2D eigenvalue weighted by Crippen LogP contribution is 2.40. The summed E-state index contributed by atoms with van der Waals surface area (Å²) >= 11 is 2.15. The zero-order valence-corrected chi connectivity index (χ0v) is 19.9. The molecule has 3 rings (SSSR count). The van der Waals surface area contributed by atoms with Crippen molar-refractivity contribution in [2.24, 2.45) is 5.41 Å². The Kier molecular flexibility index (Phi) is 6.83. The molecule has 0 atom stereocenters. The third kappa shape index (κ3) is 4.37. The highest BCUT2D eigenvalue weighted by atomic mass is 127. The Morgan fingerprint density at radius 2 is 1.65 bits per heavy atom. The van der Waals surface area contributed by atoms with Crippen LogP contribution in [-0.2, 0) is 38.4 Å². The van der Waals surface area contributed by atoms with Crippen molar-refractivity contribution >= 4 is 40.4 Å². The molecule has 31 heavy (non-hydrogen) atoms. The third-order valence-corrected chi connectivity index (χ3v) is 6.50. The first-order valence-electron chi connectivity index (χ1n) is 9.73. The van der Waals surface area contributed by atoms with Crippen LogP contribution in [0.5, 0.6) is 0 Å². The summed E-state index contributed by atoms with van der Waals surface area (Å²) in [5.41, 5.74) is 2.52. The van der Waals surface area contributed by atoms with E-state index in [4.69, 9.17) is 9.47 Å². The molecule has 0 spiro atoms. The van der Waals surface area contributed by atoms with Gasteiger partial charge in [-0.25, -0.2) is 0 Å². The molecule has 6 nitrogen and oxygen atoms in total. The van der Waals surface area contributed by atoms with Gasteiger partial charge in [-0.2, -0.15) is 0 Å². The number of halogens is 1. The highest BCUT2D eigenvalue weighted by molar-refractivity contribution is 14.1. The van der Waals surface area contributed by atoms with Crippen LogP contribution >= 0.6 is 22.6 Å². The van der Waals surface area contributed by atoms with Crippen LogP contribution in [-0.4, -0.2) is 37.0 Å². The molecule has 2 aromatic carbocycles.